The smallest absolute Gasteiger partial charge is 0.328 e. The Kier molecular flexibility index (Phi) is 4.35. The van der Waals surface area contributed by atoms with Crippen LogP contribution in [-0.4, -0.2) is 21.8 Å². The minimum atomic E-state index is -0.174. The molecule has 0 atom stereocenters. The second kappa shape index (κ2) is 5.34. The molecule has 92 valence electrons. The van der Waals surface area contributed by atoms with Gasteiger partial charge in [0, 0.05) is 32.6 Å². The van der Waals surface area contributed by atoms with Crippen molar-refractivity contribution < 1.29 is 4.74 Å². The van der Waals surface area contributed by atoms with Gasteiger partial charge in [0.25, 0.3) is 0 Å². The number of ether oxygens (including phenoxy) is 1. The van der Waals surface area contributed by atoms with Crippen LogP contribution in [0.25, 0.3) is 0 Å². The molecule has 4 nitrogen and oxygen atoms in total. The maximum atomic E-state index is 11.8. The third-order valence-corrected chi connectivity index (χ3v) is 2.89. The second-order valence-corrected chi connectivity index (χ2v) is 4.68. The van der Waals surface area contributed by atoms with E-state index in [1.807, 2.05) is 26.2 Å². The molecule has 0 saturated heterocycles. The molecule has 0 aromatic carbocycles. The van der Waals surface area contributed by atoms with Crippen molar-refractivity contribution in [1.82, 2.24) is 9.13 Å². The largest absolute Gasteiger partial charge is 0.379 e. The first-order valence-electron chi connectivity index (χ1n) is 5.81. The van der Waals surface area contributed by atoms with Gasteiger partial charge in [-0.2, -0.15) is 0 Å². The Morgan fingerprint density at radius 3 is 2.31 bits per heavy atom. The van der Waals surface area contributed by atoms with Crippen LogP contribution in [0.2, 0.25) is 0 Å². The summed E-state index contributed by atoms with van der Waals surface area (Å²) in [4.78, 5) is 11.8. The second-order valence-electron chi connectivity index (χ2n) is 4.68. The molecule has 4 heteroatoms. The standard InChI is InChI=1S/C12H22N2O2/c1-5-7-13-9-10-14(11(13)15)8-6-12(2,3)16-4/h9-10H,5-8H2,1-4H3. The Bertz CT molecular complexity index is 377. The quantitative estimate of drug-likeness (QED) is 0.742. The van der Waals surface area contributed by atoms with Gasteiger partial charge in [-0.1, -0.05) is 6.92 Å². The van der Waals surface area contributed by atoms with E-state index in [0.29, 0.717) is 6.54 Å². The molecule has 0 aliphatic heterocycles. The van der Waals surface area contributed by atoms with Gasteiger partial charge in [-0.3, -0.25) is 9.13 Å². The van der Waals surface area contributed by atoms with E-state index in [1.54, 1.807) is 16.2 Å². The van der Waals surface area contributed by atoms with Crippen molar-refractivity contribution in [3.05, 3.63) is 22.9 Å². The van der Waals surface area contributed by atoms with E-state index in [-0.39, 0.29) is 11.3 Å². The Morgan fingerprint density at radius 1 is 1.25 bits per heavy atom. The summed E-state index contributed by atoms with van der Waals surface area (Å²) < 4.78 is 8.83. The van der Waals surface area contributed by atoms with Crippen LogP contribution in [0.15, 0.2) is 17.2 Å². The van der Waals surface area contributed by atoms with E-state index in [2.05, 4.69) is 6.92 Å². The van der Waals surface area contributed by atoms with Crippen LogP contribution in [0.1, 0.15) is 33.6 Å². The first-order chi connectivity index (χ1) is 7.50. The number of hydrogen-bond acceptors (Lipinski definition) is 2. The molecule has 0 N–H and O–H groups in total. The predicted octanol–water partition coefficient (Wildman–Crippen LogP) is 1.87. The number of hydrogen-bond donors (Lipinski definition) is 0. The average molecular weight is 226 g/mol. The summed E-state index contributed by atoms with van der Waals surface area (Å²) in [7, 11) is 1.70. The fourth-order valence-corrected chi connectivity index (χ4v) is 1.53. The SMILES string of the molecule is CCCn1ccn(CCC(C)(C)OC)c1=O. The molecule has 16 heavy (non-hydrogen) atoms. The molecule has 0 radical (unpaired) electrons. The lowest BCUT2D eigenvalue weighted by molar-refractivity contribution is 0.0118. The molecule has 1 heterocycles. The van der Waals surface area contributed by atoms with E-state index >= 15 is 0 Å². The van der Waals surface area contributed by atoms with Crippen molar-refractivity contribution >= 4 is 0 Å². The first kappa shape index (κ1) is 13.0. The molecule has 0 spiro atoms. The Balaban J connectivity index is 2.65. The Hall–Kier alpha value is -1.03. The summed E-state index contributed by atoms with van der Waals surface area (Å²) >= 11 is 0. The summed E-state index contributed by atoms with van der Waals surface area (Å²) in [5.41, 5.74) is -0.0968. The molecule has 0 saturated carbocycles. The number of aryl methyl sites for hydroxylation is 2. The molecule has 0 aliphatic carbocycles. The van der Waals surface area contributed by atoms with E-state index < -0.39 is 0 Å². The van der Waals surface area contributed by atoms with Gasteiger partial charge in [0.05, 0.1) is 5.60 Å². The zero-order valence-corrected chi connectivity index (χ0v) is 10.7. The van der Waals surface area contributed by atoms with Crippen LogP contribution >= 0.6 is 0 Å². The summed E-state index contributed by atoms with van der Waals surface area (Å²) in [5, 5.41) is 0. The third kappa shape index (κ3) is 3.23. The molecule has 1 aromatic rings. The molecule has 0 unspecified atom stereocenters. The van der Waals surface area contributed by atoms with Gasteiger partial charge >= 0.3 is 5.69 Å². The van der Waals surface area contributed by atoms with Crippen LogP contribution in [-0.2, 0) is 17.8 Å². The lowest BCUT2D eigenvalue weighted by atomic mass is 10.1. The normalized spacial score (nSPS) is 12.0. The Morgan fingerprint density at radius 2 is 1.81 bits per heavy atom. The van der Waals surface area contributed by atoms with Crippen LogP contribution in [0.5, 0.6) is 0 Å². The van der Waals surface area contributed by atoms with Crippen molar-refractivity contribution in [3.8, 4) is 0 Å². The summed E-state index contributed by atoms with van der Waals surface area (Å²) in [6, 6.07) is 0. The number of aromatic nitrogens is 2. The van der Waals surface area contributed by atoms with Crippen molar-refractivity contribution in [2.24, 2.45) is 0 Å². The summed E-state index contributed by atoms with van der Waals surface area (Å²) in [5.74, 6) is 0. The van der Waals surface area contributed by atoms with Crippen LogP contribution in [0, 0.1) is 0 Å². The number of methoxy groups -OCH3 is 1. The minimum absolute atomic E-state index is 0.0775. The van der Waals surface area contributed by atoms with Crippen molar-refractivity contribution in [1.29, 1.82) is 0 Å². The van der Waals surface area contributed by atoms with E-state index in [1.165, 1.54) is 0 Å². The van der Waals surface area contributed by atoms with Gasteiger partial charge in [-0.05, 0) is 26.7 Å². The van der Waals surface area contributed by atoms with E-state index in [4.69, 9.17) is 4.74 Å². The highest BCUT2D eigenvalue weighted by molar-refractivity contribution is 4.82. The molecule has 0 bridgehead atoms. The van der Waals surface area contributed by atoms with Crippen LogP contribution in [0.3, 0.4) is 0 Å². The maximum Gasteiger partial charge on any atom is 0.328 e. The fraction of sp³-hybridized carbons (Fsp3) is 0.750. The van der Waals surface area contributed by atoms with Gasteiger partial charge in [-0.15, -0.1) is 0 Å². The maximum absolute atomic E-state index is 11.8. The molecule has 0 aliphatic rings. The molecular formula is C12H22N2O2. The van der Waals surface area contributed by atoms with Gasteiger partial charge < -0.3 is 4.74 Å². The lowest BCUT2D eigenvalue weighted by Crippen LogP contribution is -2.29. The van der Waals surface area contributed by atoms with E-state index in [0.717, 1.165) is 19.4 Å². The van der Waals surface area contributed by atoms with Crippen LogP contribution in [0.4, 0.5) is 0 Å². The van der Waals surface area contributed by atoms with Crippen LogP contribution < -0.4 is 5.69 Å². The lowest BCUT2D eigenvalue weighted by Gasteiger charge is -2.22. The topological polar surface area (TPSA) is 36.2 Å². The fourth-order valence-electron chi connectivity index (χ4n) is 1.53. The highest BCUT2D eigenvalue weighted by Gasteiger charge is 2.16. The highest BCUT2D eigenvalue weighted by atomic mass is 16.5. The van der Waals surface area contributed by atoms with Gasteiger partial charge in [0.2, 0.25) is 0 Å². The van der Waals surface area contributed by atoms with Crippen molar-refractivity contribution in [3.63, 3.8) is 0 Å². The first-order valence-corrected chi connectivity index (χ1v) is 5.81. The number of imidazole rings is 1. The average Bonchev–Trinajstić information content (AvgIpc) is 2.59. The summed E-state index contributed by atoms with van der Waals surface area (Å²) in [6.45, 7) is 7.62. The molecule has 0 amide bonds. The Labute approximate surface area is 96.8 Å². The molecular weight excluding hydrogens is 204 g/mol. The van der Waals surface area contributed by atoms with Gasteiger partial charge in [0.1, 0.15) is 0 Å². The highest BCUT2D eigenvalue weighted by Crippen LogP contribution is 2.13. The molecule has 1 aromatic heterocycles. The molecule has 1 rings (SSSR count). The molecule has 0 fully saturated rings. The number of rotatable bonds is 6. The van der Waals surface area contributed by atoms with Gasteiger partial charge in [0.15, 0.2) is 0 Å². The monoisotopic (exact) mass is 226 g/mol. The van der Waals surface area contributed by atoms with Crippen molar-refractivity contribution in [2.75, 3.05) is 7.11 Å². The van der Waals surface area contributed by atoms with Gasteiger partial charge in [-0.25, -0.2) is 4.79 Å². The number of nitrogens with zero attached hydrogens (tertiary/aromatic N) is 2. The van der Waals surface area contributed by atoms with Crippen molar-refractivity contribution in [2.45, 2.75) is 52.3 Å². The zero-order valence-electron chi connectivity index (χ0n) is 10.7. The zero-order chi connectivity index (χ0) is 12.2. The van der Waals surface area contributed by atoms with E-state index in [9.17, 15) is 4.79 Å². The summed E-state index contributed by atoms with van der Waals surface area (Å²) in [6.07, 6.45) is 5.52. The predicted molar refractivity (Wildman–Crippen MR) is 64.7 cm³/mol. The third-order valence-electron chi connectivity index (χ3n) is 2.89. The minimum Gasteiger partial charge on any atom is -0.379 e.